The van der Waals surface area contributed by atoms with E-state index in [4.69, 9.17) is 0 Å². The third kappa shape index (κ3) is 4.86. The molecule has 2 atom stereocenters. The van der Waals surface area contributed by atoms with Crippen LogP contribution in [0.15, 0.2) is 22.7 Å². The Bertz CT molecular complexity index is 511. The van der Waals surface area contributed by atoms with Crippen molar-refractivity contribution in [3.05, 3.63) is 33.8 Å². The summed E-state index contributed by atoms with van der Waals surface area (Å²) < 4.78 is 53.0. The Kier molecular flexibility index (Phi) is 5.43. The number of halogens is 4. The van der Waals surface area contributed by atoms with Crippen LogP contribution in [0.3, 0.4) is 0 Å². The van der Waals surface area contributed by atoms with E-state index in [2.05, 4.69) is 20.7 Å². The van der Waals surface area contributed by atoms with Crippen LogP contribution >= 0.6 is 15.9 Å². The second-order valence-corrected chi connectivity index (χ2v) is 8.41. The first-order chi connectivity index (χ1) is 8.91. The molecule has 0 fully saturated rings. The Morgan fingerprint density at radius 1 is 1.20 bits per heavy atom. The SMILES string of the molecule is CC(NS(=O)C(C)(C)C)c1cc(Br)cc(C(F)(F)F)c1. The van der Waals surface area contributed by atoms with Crippen LogP contribution in [0.4, 0.5) is 13.2 Å². The quantitative estimate of drug-likeness (QED) is 0.827. The van der Waals surface area contributed by atoms with Gasteiger partial charge in [0.05, 0.1) is 21.3 Å². The lowest BCUT2D eigenvalue weighted by molar-refractivity contribution is -0.137. The van der Waals surface area contributed by atoms with Crippen LogP contribution in [0, 0.1) is 0 Å². The van der Waals surface area contributed by atoms with Crippen molar-refractivity contribution in [2.75, 3.05) is 0 Å². The highest BCUT2D eigenvalue weighted by molar-refractivity contribution is 9.10. The molecule has 0 bridgehead atoms. The molecule has 1 aromatic carbocycles. The Hall–Kier alpha value is -0.400. The smallest absolute Gasteiger partial charge is 0.242 e. The number of rotatable bonds is 3. The van der Waals surface area contributed by atoms with Gasteiger partial charge < -0.3 is 0 Å². The van der Waals surface area contributed by atoms with Gasteiger partial charge in [-0.15, -0.1) is 0 Å². The first-order valence-electron chi connectivity index (χ1n) is 5.97. The lowest BCUT2D eigenvalue weighted by Crippen LogP contribution is -2.34. The maximum absolute atomic E-state index is 12.8. The summed E-state index contributed by atoms with van der Waals surface area (Å²) in [7, 11) is -1.35. The minimum Gasteiger partial charge on any atom is -0.242 e. The molecule has 0 radical (unpaired) electrons. The van der Waals surface area contributed by atoms with Crippen molar-refractivity contribution >= 4 is 26.9 Å². The fraction of sp³-hybridized carbons (Fsp3) is 0.538. The van der Waals surface area contributed by atoms with Crippen molar-refractivity contribution in [2.45, 2.75) is 44.7 Å². The average Bonchev–Trinajstić information content (AvgIpc) is 2.25. The molecule has 114 valence electrons. The third-order valence-electron chi connectivity index (χ3n) is 2.59. The number of benzene rings is 1. The summed E-state index contributed by atoms with van der Waals surface area (Å²) in [5, 5.41) is 0. The molecular weight excluding hydrogens is 355 g/mol. The number of hydrogen-bond donors (Lipinski definition) is 1. The van der Waals surface area contributed by atoms with Crippen molar-refractivity contribution in [1.82, 2.24) is 4.72 Å². The summed E-state index contributed by atoms with van der Waals surface area (Å²) in [6.07, 6.45) is -4.40. The van der Waals surface area contributed by atoms with Gasteiger partial charge in [0.2, 0.25) is 0 Å². The van der Waals surface area contributed by atoms with E-state index < -0.39 is 33.5 Å². The zero-order valence-corrected chi connectivity index (χ0v) is 14.0. The Labute approximate surface area is 127 Å². The molecule has 1 rings (SSSR count). The van der Waals surface area contributed by atoms with Crippen molar-refractivity contribution in [3.63, 3.8) is 0 Å². The highest BCUT2D eigenvalue weighted by Gasteiger charge is 2.31. The largest absolute Gasteiger partial charge is 0.416 e. The first-order valence-corrected chi connectivity index (χ1v) is 7.91. The molecule has 0 saturated heterocycles. The molecular formula is C13H17BrF3NOS. The fourth-order valence-electron chi connectivity index (χ4n) is 1.43. The maximum atomic E-state index is 12.8. The molecule has 1 aromatic rings. The normalized spacial score (nSPS) is 16.0. The predicted octanol–water partition coefficient (Wildman–Crippen LogP) is 4.58. The number of hydrogen-bond acceptors (Lipinski definition) is 1. The van der Waals surface area contributed by atoms with Crippen LogP contribution < -0.4 is 4.72 Å². The minimum absolute atomic E-state index is 0.345. The summed E-state index contributed by atoms with van der Waals surface area (Å²) in [5.74, 6) is 0. The lowest BCUT2D eigenvalue weighted by Gasteiger charge is -2.22. The summed E-state index contributed by atoms with van der Waals surface area (Å²) in [6, 6.07) is 3.24. The van der Waals surface area contributed by atoms with E-state index in [0.717, 1.165) is 12.1 Å². The van der Waals surface area contributed by atoms with E-state index in [1.807, 2.05) is 0 Å². The number of nitrogens with one attached hydrogen (secondary N) is 1. The molecule has 20 heavy (non-hydrogen) atoms. The van der Waals surface area contributed by atoms with Gasteiger partial charge in [-0.2, -0.15) is 13.2 Å². The zero-order valence-electron chi connectivity index (χ0n) is 11.6. The van der Waals surface area contributed by atoms with E-state index in [-0.39, 0.29) is 0 Å². The van der Waals surface area contributed by atoms with Gasteiger partial charge in [0.1, 0.15) is 0 Å². The molecule has 2 unspecified atom stereocenters. The lowest BCUT2D eigenvalue weighted by atomic mass is 10.1. The maximum Gasteiger partial charge on any atom is 0.416 e. The average molecular weight is 372 g/mol. The Morgan fingerprint density at radius 2 is 1.75 bits per heavy atom. The summed E-state index contributed by atoms with van der Waals surface area (Å²) in [5.41, 5.74) is -0.290. The molecule has 0 spiro atoms. The highest BCUT2D eigenvalue weighted by atomic mass is 79.9. The first kappa shape index (κ1) is 17.7. The molecule has 0 heterocycles. The van der Waals surface area contributed by atoms with Crippen LogP contribution in [0.1, 0.15) is 44.9 Å². The van der Waals surface area contributed by atoms with Crippen LogP contribution in [0.2, 0.25) is 0 Å². The summed E-state index contributed by atoms with van der Waals surface area (Å²) in [6.45, 7) is 7.08. The van der Waals surface area contributed by atoms with Gasteiger partial charge >= 0.3 is 6.18 Å². The topological polar surface area (TPSA) is 29.1 Å². The molecule has 0 aliphatic carbocycles. The van der Waals surface area contributed by atoms with Crippen LogP contribution in [0.5, 0.6) is 0 Å². The second-order valence-electron chi connectivity index (χ2n) is 5.49. The third-order valence-corrected chi connectivity index (χ3v) is 4.73. The highest BCUT2D eigenvalue weighted by Crippen LogP contribution is 2.33. The zero-order chi connectivity index (χ0) is 15.7. The van der Waals surface area contributed by atoms with Gasteiger partial charge in [-0.25, -0.2) is 8.93 Å². The van der Waals surface area contributed by atoms with E-state index >= 15 is 0 Å². The van der Waals surface area contributed by atoms with Crippen molar-refractivity contribution in [3.8, 4) is 0 Å². The molecule has 0 aliphatic rings. The van der Waals surface area contributed by atoms with Gasteiger partial charge in [-0.1, -0.05) is 15.9 Å². The molecule has 0 aromatic heterocycles. The minimum atomic E-state index is -4.40. The van der Waals surface area contributed by atoms with E-state index in [1.54, 1.807) is 33.8 Å². The van der Waals surface area contributed by atoms with Crippen molar-refractivity contribution < 1.29 is 17.4 Å². The summed E-state index contributed by atoms with van der Waals surface area (Å²) >= 11 is 3.08. The molecule has 1 N–H and O–H groups in total. The molecule has 0 saturated carbocycles. The van der Waals surface area contributed by atoms with E-state index in [1.165, 1.54) is 0 Å². The second kappa shape index (κ2) is 6.15. The van der Waals surface area contributed by atoms with Gasteiger partial charge in [-0.3, -0.25) is 0 Å². The van der Waals surface area contributed by atoms with E-state index in [0.29, 0.717) is 10.0 Å². The summed E-state index contributed by atoms with van der Waals surface area (Å²) in [4.78, 5) is 0. The predicted molar refractivity (Wildman–Crippen MR) is 78.6 cm³/mol. The van der Waals surface area contributed by atoms with Crippen molar-refractivity contribution in [1.29, 1.82) is 0 Å². The molecule has 2 nitrogen and oxygen atoms in total. The van der Waals surface area contributed by atoms with Gasteiger partial charge in [-0.05, 0) is 51.5 Å². The number of alkyl halides is 3. The van der Waals surface area contributed by atoms with Gasteiger partial charge in [0, 0.05) is 10.5 Å². The molecule has 0 aliphatic heterocycles. The van der Waals surface area contributed by atoms with Crippen LogP contribution in [-0.2, 0) is 17.2 Å². The van der Waals surface area contributed by atoms with Crippen molar-refractivity contribution in [2.24, 2.45) is 0 Å². The Morgan fingerprint density at radius 3 is 2.20 bits per heavy atom. The van der Waals surface area contributed by atoms with Gasteiger partial charge in [0.25, 0.3) is 0 Å². The van der Waals surface area contributed by atoms with Crippen LogP contribution in [-0.4, -0.2) is 8.96 Å². The Balaban J connectivity index is 3.02. The standard InChI is InChI=1S/C13H17BrF3NOS/c1-8(18-20(19)12(2,3)4)9-5-10(13(15,16)17)7-11(14)6-9/h5-8,18H,1-4H3. The fourth-order valence-corrected chi connectivity index (χ4v) is 2.75. The molecule has 0 amide bonds. The van der Waals surface area contributed by atoms with Gasteiger partial charge in [0.15, 0.2) is 0 Å². The monoisotopic (exact) mass is 371 g/mol. The van der Waals surface area contributed by atoms with Crippen LogP contribution in [0.25, 0.3) is 0 Å². The van der Waals surface area contributed by atoms with E-state index in [9.17, 15) is 17.4 Å². The molecule has 7 heteroatoms.